The molecule has 0 saturated carbocycles. The zero-order chi connectivity index (χ0) is 22.6. The number of amides is 2. The van der Waals surface area contributed by atoms with Gasteiger partial charge in [-0.3, -0.25) is 9.59 Å². The maximum atomic E-state index is 13.0. The molecular formula is C22H23N3O5S2. The highest BCUT2D eigenvalue weighted by molar-refractivity contribution is 7.89. The minimum atomic E-state index is -3.68. The fourth-order valence-corrected chi connectivity index (χ4v) is 6.31. The van der Waals surface area contributed by atoms with E-state index >= 15 is 0 Å². The van der Waals surface area contributed by atoms with Crippen LogP contribution >= 0.6 is 11.3 Å². The molecule has 0 aliphatic carbocycles. The van der Waals surface area contributed by atoms with Crippen LogP contribution in [0.3, 0.4) is 0 Å². The number of carbonyl (C=O) groups excluding carboxylic acids is 2. The molecule has 0 spiro atoms. The Balaban J connectivity index is 1.37. The highest BCUT2D eigenvalue weighted by Gasteiger charge is 2.30. The van der Waals surface area contributed by atoms with E-state index in [2.05, 4.69) is 10.6 Å². The van der Waals surface area contributed by atoms with Gasteiger partial charge in [-0.1, -0.05) is 18.6 Å². The van der Waals surface area contributed by atoms with E-state index in [1.807, 2.05) is 0 Å². The van der Waals surface area contributed by atoms with Crippen LogP contribution in [-0.2, 0) is 16.6 Å². The van der Waals surface area contributed by atoms with Gasteiger partial charge in [0.25, 0.3) is 11.8 Å². The number of nitrogens with one attached hydrogen (secondary N) is 2. The lowest BCUT2D eigenvalue weighted by Crippen LogP contribution is -2.36. The summed E-state index contributed by atoms with van der Waals surface area (Å²) in [6.45, 7) is 1.20. The van der Waals surface area contributed by atoms with Crippen molar-refractivity contribution < 1.29 is 22.4 Å². The van der Waals surface area contributed by atoms with E-state index in [0.717, 1.165) is 36.2 Å². The van der Waals surface area contributed by atoms with Crippen LogP contribution in [0.25, 0.3) is 0 Å². The first-order valence-corrected chi connectivity index (χ1v) is 12.6. The average molecular weight is 474 g/mol. The van der Waals surface area contributed by atoms with Crippen LogP contribution in [0.2, 0.25) is 0 Å². The van der Waals surface area contributed by atoms with Gasteiger partial charge in [-0.25, -0.2) is 8.42 Å². The van der Waals surface area contributed by atoms with Gasteiger partial charge in [0.1, 0.15) is 9.77 Å². The normalized spacial score (nSPS) is 14.8. The first kappa shape index (κ1) is 22.3. The molecule has 0 radical (unpaired) electrons. The van der Waals surface area contributed by atoms with Crippen LogP contribution in [0, 0.1) is 0 Å². The van der Waals surface area contributed by atoms with Crippen molar-refractivity contribution in [1.82, 2.24) is 9.62 Å². The number of sulfonamides is 1. The van der Waals surface area contributed by atoms with Crippen LogP contribution in [0.5, 0.6) is 0 Å². The highest BCUT2D eigenvalue weighted by atomic mass is 32.2. The Morgan fingerprint density at radius 3 is 2.44 bits per heavy atom. The second kappa shape index (κ2) is 9.68. The molecule has 10 heteroatoms. The first-order valence-electron chi connectivity index (χ1n) is 10.2. The second-order valence-corrected chi connectivity index (χ2v) is 10.2. The zero-order valence-electron chi connectivity index (χ0n) is 17.2. The molecular weight excluding hydrogens is 450 g/mol. The third-order valence-electron chi connectivity index (χ3n) is 5.18. The summed E-state index contributed by atoms with van der Waals surface area (Å²) < 4.78 is 32.5. The summed E-state index contributed by atoms with van der Waals surface area (Å²) in [5.74, 6) is -0.561. The maximum Gasteiger partial charge on any atom is 0.291 e. The highest BCUT2D eigenvalue weighted by Crippen LogP contribution is 2.27. The second-order valence-electron chi connectivity index (χ2n) is 7.39. The molecule has 3 aromatic rings. The molecule has 0 unspecified atom stereocenters. The molecule has 2 N–H and O–H groups in total. The van der Waals surface area contributed by atoms with Gasteiger partial charge < -0.3 is 15.1 Å². The van der Waals surface area contributed by atoms with Crippen LogP contribution in [0.4, 0.5) is 5.69 Å². The molecule has 168 valence electrons. The predicted octanol–water partition coefficient (Wildman–Crippen LogP) is 3.70. The average Bonchev–Trinajstić information content (AvgIpc) is 3.52. The lowest BCUT2D eigenvalue weighted by Gasteiger charge is -2.25. The Kier molecular flexibility index (Phi) is 6.73. The van der Waals surface area contributed by atoms with Crippen molar-refractivity contribution in [2.75, 3.05) is 18.4 Å². The van der Waals surface area contributed by atoms with Gasteiger partial charge in [0, 0.05) is 25.3 Å². The van der Waals surface area contributed by atoms with Gasteiger partial charge in [-0.2, -0.15) is 4.31 Å². The van der Waals surface area contributed by atoms with E-state index < -0.39 is 15.9 Å². The molecule has 4 rings (SSSR count). The topological polar surface area (TPSA) is 109 Å². The number of nitrogens with zero attached hydrogens (tertiary/aromatic N) is 1. The van der Waals surface area contributed by atoms with Crippen LogP contribution in [0.15, 0.2) is 63.4 Å². The van der Waals surface area contributed by atoms with E-state index in [1.54, 1.807) is 41.8 Å². The smallest absolute Gasteiger partial charge is 0.291 e. The summed E-state index contributed by atoms with van der Waals surface area (Å²) >= 11 is 1.12. The number of piperidine rings is 1. The molecule has 1 fully saturated rings. The molecule has 1 aliphatic heterocycles. The van der Waals surface area contributed by atoms with Crippen LogP contribution < -0.4 is 10.6 Å². The minimum Gasteiger partial charge on any atom is -0.459 e. The fraction of sp³-hybridized carbons (Fsp3) is 0.273. The Morgan fingerprint density at radius 2 is 1.75 bits per heavy atom. The number of anilines is 1. The standard InChI is InChI=1S/C22H23N3O5S2/c26-21(18-5-4-13-30-18)24-17-8-6-16(7-9-17)15-23-22(27)20-19(10-14-31-20)32(28,29)25-11-2-1-3-12-25/h4-10,13-14H,1-3,11-12,15H2,(H,23,27)(H,24,26). The number of carbonyl (C=O) groups is 2. The summed E-state index contributed by atoms with van der Waals surface area (Å²) in [5.41, 5.74) is 1.40. The van der Waals surface area contributed by atoms with E-state index in [0.29, 0.717) is 18.8 Å². The van der Waals surface area contributed by atoms with Crippen molar-refractivity contribution in [3.8, 4) is 0 Å². The summed E-state index contributed by atoms with van der Waals surface area (Å²) in [5, 5.41) is 7.14. The maximum absolute atomic E-state index is 13.0. The van der Waals surface area contributed by atoms with Gasteiger partial charge in [-0.15, -0.1) is 11.3 Å². The Bertz CT molecular complexity index is 1180. The molecule has 1 aliphatic rings. The molecule has 0 bridgehead atoms. The molecule has 32 heavy (non-hydrogen) atoms. The van der Waals surface area contributed by atoms with E-state index in [4.69, 9.17) is 4.42 Å². The van der Waals surface area contributed by atoms with E-state index in [9.17, 15) is 18.0 Å². The molecule has 1 saturated heterocycles. The van der Waals surface area contributed by atoms with Crippen LogP contribution in [-0.4, -0.2) is 37.6 Å². The van der Waals surface area contributed by atoms with Gasteiger partial charge >= 0.3 is 0 Å². The molecule has 3 heterocycles. The molecule has 2 amide bonds. The van der Waals surface area contributed by atoms with Crippen LogP contribution in [0.1, 0.15) is 45.1 Å². The quantitative estimate of drug-likeness (QED) is 0.544. The number of benzene rings is 1. The van der Waals surface area contributed by atoms with Crippen molar-refractivity contribution in [2.24, 2.45) is 0 Å². The number of rotatable bonds is 7. The molecule has 2 aromatic heterocycles. The zero-order valence-corrected chi connectivity index (χ0v) is 18.9. The molecule has 0 atom stereocenters. The monoisotopic (exact) mass is 473 g/mol. The lowest BCUT2D eigenvalue weighted by atomic mass is 10.2. The summed E-state index contributed by atoms with van der Waals surface area (Å²) in [4.78, 5) is 25.0. The van der Waals surface area contributed by atoms with Crippen molar-refractivity contribution >= 4 is 38.9 Å². The predicted molar refractivity (Wildman–Crippen MR) is 121 cm³/mol. The summed E-state index contributed by atoms with van der Waals surface area (Å²) in [6.07, 6.45) is 4.12. The Hall–Kier alpha value is -2.95. The third-order valence-corrected chi connectivity index (χ3v) is 8.16. The Labute approximate surface area is 190 Å². The van der Waals surface area contributed by atoms with Crippen molar-refractivity contribution in [3.63, 3.8) is 0 Å². The molecule has 8 nitrogen and oxygen atoms in total. The van der Waals surface area contributed by atoms with E-state index in [1.165, 1.54) is 16.6 Å². The third kappa shape index (κ3) is 4.93. The largest absolute Gasteiger partial charge is 0.459 e. The summed E-state index contributed by atoms with van der Waals surface area (Å²) in [7, 11) is -3.68. The number of furan rings is 1. The van der Waals surface area contributed by atoms with Gasteiger partial charge in [0.05, 0.1) is 6.26 Å². The van der Waals surface area contributed by atoms with Gasteiger partial charge in [0.15, 0.2) is 5.76 Å². The van der Waals surface area contributed by atoms with Crippen molar-refractivity contribution in [3.05, 3.63) is 70.3 Å². The number of thiophene rings is 1. The van der Waals surface area contributed by atoms with E-state index in [-0.39, 0.29) is 28.0 Å². The lowest BCUT2D eigenvalue weighted by molar-refractivity contribution is 0.0950. The number of hydrogen-bond donors (Lipinski definition) is 2. The Morgan fingerprint density at radius 1 is 1.00 bits per heavy atom. The van der Waals surface area contributed by atoms with Gasteiger partial charge in [-0.05, 0) is 54.1 Å². The van der Waals surface area contributed by atoms with Crippen molar-refractivity contribution in [1.29, 1.82) is 0 Å². The SMILES string of the molecule is O=C(Nc1ccc(CNC(=O)c2sccc2S(=O)(=O)N2CCCCC2)cc1)c1ccco1. The summed E-state index contributed by atoms with van der Waals surface area (Å²) in [6, 6.07) is 11.7. The molecule has 1 aromatic carbocycles. The minimum absolute atomic E-state index is 0.0675. The fourth-order valence-electron chi connectivity index (χ4n) is 3.48. The van der Waals surface area contributed by atoms with Gasteiger partial charge in [0.2, 0.25) is 10.0 Å². The number of hydrogen-bond acceptors (Lipinski definition) is 6. The van der Waals surface area contributed by atoms with Crippen molar-refractivity contribution in [2.45, 2.75) is 30.7 Å². The first-order chi connectivity index (χ1) is 15.4.